The van der Waals surface area contributed by atoms with Crippen molar-refractivity contribution in [1.82, 2.24) is 14.8 Å². The number of nitrogens with zero attached hydrogens (tertiary/aromatic N) is 3. The zero-order chi connectivity index (χ0) is 15.9. The van der Waals surface area contributed by atoms with Gasteiger partial charge in [-0.15, -0.1) is 10.2 Å². The second-order valence-corrected chi connectivity index (χ2v) is 6.85. The molecule has 0 saturated carbocycles. The third kappa shape index (κ3) is 4.50. The van der Waals surface area contributed by atoms with Crippen molar-refractivity contribution in [3.63, 3.8) is 0 Å². The molecule has 0 saturated heterocycles. The van der Waals surface area contributed by atoms with E-state index in [1.807, 2.05) is 12.1 Å². The quantitative estimate of drug-likeness (QED) is 0.684. The van der Waals surface area contributed by atoms with Crippen molar-refractivity contribution >= 4 is 11.8 Å². The molecule has 4 nitrogen and oxygen atoms in total. The molecule has 0 radical (unpaired) electrons. The van der Waals surface area contributed by atoms with Gasteiger partial charge in [0.05, 0.1) is 0 Å². The predicted molar refractivity (Wildman–Crippen MR) is 91.4 cm³/mol. The lowest BCUT2D eigenvalue weighted by atomic mass is 10.2. The van der Waals surface area contributed by atoms with E-state index in [-0.39, 0.29) is 0 Å². The number of aromatic nitrogens is 3. The van der Waals surface area contributed by atoms with Crippen LogP contribution in [0.2, 0.25) is 0 Å². The summed E-state index contributed by atoms with van der Waals surface area (Å²) < 4.78 is 8.05. The zero-order valence-corrected chi connectivity index (χ0v) is 14.7. The number of benzene rings is 1. The molecule has 2 rings (SSSR count). The fourth-order valence-electron chi connectivity index (χ4n) is 2.18. The van der Waals surface area contributed by atoms with Crippen molar-refractivity contribution in [2.24, 2.45) is 5.92 Å². The van der Waals surface area contributed by atoms with Crippen molar-refractivity contribution < 1.29 is 4.74 Å². The number of hydrogen-bond donors (Lipinski definition) is 0. The van der Waals surface area contributed by atoms with Crippen molar-refractivity contribution in [3.05, 3.63) is 35.7 Å². The molecule has 0 atom stereocenters. The van der Waals surface area contributed by atoms with Crippen LogP contribution in [-0.4, -0.2) is 20.5 Å². The molecule has 22 heavy (non-hydrogen) atoms. The number of thioether (sulfide) groups is 1. The van der Waals surface area contributed by atoms with Crippen LogP contribution >= 0.6 is 11.8 Å². The van der Waals surface area contributed by atoms with Gasteiger partial charge in [-0.3, -0.25) is 0 Å². The van der Waals surface area contributed by atoms with Crippen LogP contribution in [-0.2, 0) is 19.6 Å². The average Bonchev–Trinajstić information content (AvgIpc) is 2.88. The molecule has 120 valence electrons. The van der Waals surface area contributed by atoms with Crippen molar-refractivity contribution in [2.75, 3.05) is 5.75 Å². The molecule has 1 heterocycles. The zero-order valence-electron chi connectivity index (χ0n) is 13.9. The van der Waals surface area contributed by atoms with Crippen molar-refractivity contribution in [2.45, 2.75) is 52.4 Å². The average molecular weight is 319 g/mol. The van der Waals surface area contributed by atoms with Gasteiger partial charge in [-0.05, 0) is 35.8 Å². The molecule has 0 N–H and O–H groups in total. The van der Waals surface area contributed by atoms with Crippen LogP contribution in [0.25, 0.3) is 0 Å². The highest BCUT2D eigenvalue weighted by atomic mass is 32.2. The second kappa shape index (κ2) is 8.22. The lowest BCUT2D eigenvalue weighted by Crippen LogP contribution is -2.12. The molecule has 1 aromatic carbocycles. The van der Waals surface area contributed by atoms with Gasteiger partial charge < -0.3 is 9.30 Å². The Hall–Kier alpha value is -1.49. The van der Waals surface area contributed by atoms with E-state index in [1.165, 1.54) is 5.56 Å². The van der Waals surface area contributed by atoms with Gasteiger partial charge in [0.1, 0.15) is 12.4 Å². The summed E-state index contributed by atoms with van der Waals surface area (Å²) in [4.78, 5) is 0. The highest BCUT2D eigenvalue weighted by molar-refractivity contribution is 7.99. The molecule has 0 aliphatic rings. The first-order chi connectivity index (χ1) is 10.6. The van der Waals surface area contributed by atoms with Crippen LogP contribution in [0.1, 0.15) is 39.1 Å². The van der Waals surface area contributed by atoms with Crippen molar-refractivity contribution in [3.8, 4) is 5.75 Å². The van der Waals surface area contributed by atoms with Crippen LogP contribution in [0.4, 0.5) is 0 Å². The summed E-state index contributed by atoms with van der Waals surface area (Å²) in [6.45, 7) is 10.1. The minimum absolute atomic E-state index is 0.454. The maximum atomic E-state index is 5.87. The minimum atomic E-state index is 0.454. The molecular formula is C17H25N3OS. The van der Waals surface area contributed by atoms with Crippen molar-refractivity contribution in [1.29, 1.82) is 0 Å². The van der Waals surface area contributed by atoms with E-state index in [0.717, 1.165) is 35.4 Å². The first kappa shape index (κ1) is 16.9. The SMILES string of the molecule is CCSc1nnc(COc2ccc(CC)cc2)n1CC(C)C. The van der Waals surface area contributed by atoms with Gasteiger partial charge in [0.2, 0.25) is 0 Å². The third-order valence-corrected chi connectivity index (χ3v) is 4.16. The van der Waals surface area contributed by atoms with Crippen LogP contribution in [0.3, 0.4) is 0 Å². The number of ether oxygens (including phenoxy) is 1. The summed E-state index contributed by atoms with van der Waals surface area (Å²) in [5, 5.41) is 9.58. The molecule has 0 bridgehead atoms. The monoisotopic (exact) mass is 319 g/mol. The summed E-state index contributed by atoms with van der Waals surface area (Å²) in [5.41, 5.74) is 1.32. The van der Waals surface area contributed by atoms with Crippen LogP contribution in [0, 0.1) is 5.92 Å². The number of hydrogen-bond acceptors (Lipinski definition) is 4. The van der Waals surface area contributed by atoms with Gasteiger partial charge in [0.25, 0.3) is 0 Å². The lowest BCUT2D eigenvalue weighted by Gasteiger charge is -2.12. The Labute approximate surface area is 137 Å². The first-order valence-electron chi connectivity index (χ1n) is 7.90. The molecule has 0 spiro atoms. The molecule has 5 heteroatoms. The Morgan fingerprint density at radius 2 is 1.86 bits per heavy atom. The van der Waals surface area contributed by atoms with Crippen LogP contribution < -0.4 is 4.74 Å². The molecule has 0 fully saturated rings. The Morgan fingerprint density at radius 3 is 2.45 bits per heavy atom. The molecule has 0 aliphatic carbocycles. The van der Waals surface area contributed by atoms with E-state index < -0.39 is 0 Å². The van der Waals surface area contributed by atoms with Gasteiger partial charge in [-0.2, -0.15) is 0 Å². The summed E-state index contributed by atoms with van der Waals surface area (Å²) >= 11 is 1.73. The molecule has 0 aliphatic heterocycles. The van der Waals surface area contributed by atoms with Gasteiger partial charge in [0.15, 0.2) is 11.0 Å². The maximum Gasteiger partial charge on any atom is 0.191 e. The van der Waals surface area contributed by atoms with E-state index in [1.54, 1.807) is 11.8 Å². The molecule has 2 aromatic rings. The van der Waals surface area contributed by atoms with E-state index >= 15 is 0 Å². The fourth-order valence-corrected chi connectivity index (χ4v) is 2.87. The van der Waals surface area contributed by atoms with E-state index in [9.17, 15) is 0 Å². The Morgan fingerprint density at radius 1 is 1.14 bits per heavy atom. The second-order valence-electron chi connectivity index (χ2n) is 5.62. The van der Waals surface area contributed by atoms with E-state index in [4.69, 9.17) is 4.74 Å². The van der Waals surface area contributed by atoms with Gasteiger partial charge >= 0.3 is 0 Å². The van der Waals surface area contributed by atoms with Gasteiger partial charge in [0, 0.05) is 6.54 Å². The Kier molecular flexibility index (Phi) is 6.31. The molecule has 0 amide bonds. The largest absolute Gasteiger partial charge is 0.486 e. The van der Waals surface area contributed by atoms with Gasteiger partial charge in [-0.1, -0.05) is 51.6 Å². The normalized spacial score (nSPS) is 11.1. The van der Waals surface area contributed by atoms with Crippen LogP contribution in [0.15, 0.2) is 29.4 Å². The number of aryl methyl sites for hydroxylation is 1. The molecular weight excluding hydrogens is 294 g/mol. The Balaban J connectivity index is 2.07. The fraction of sp³-hybridized carbons (Fsp3) is 0.529. The minimum Gasteiger partial charge on any atom is -0.486 e. The van der Waals surface area contributed by atoms with Gasteiger partial charge in [-0.25, -0.2) is 0 Å². The van der Waals surface area contributed by atoms with Crippen LogP contribution in [0.5, 0.6) is 5.75 Å². The predicted octanol–water partition coefficient (Wildman–Crippen LogP) is 4.19. The van der Waals surface area contributed by atoms with E-state index in [2.05, 4.69) is 54.6 Å². The lowest BCUT2D eigenvalue weighted by molar-refractivity contribution is 0.284. The third-order valence-electron chi connectivity index (χ3n) is 3.31. The maximum absolute atomic E-state index is 5.87. The Bertz CT molecular complexity index is 578. The summed E-state index contributed by atoms with van der Waals surface area (Å²) in [7, 11) is 0. The highest BCUT2D eigenvalue weighted by Gasteiger charge is 2.13. The summed E-state index contributed by atoms with van der Waals surface area (Å²) in [6.07, 6.45) is 1.04. The first-order valence-corrected chi connectivity index (χ1v) is 8.89. The topological polar surface area (TPSA) is 39.9 Å². The molecule has 0 unspecified atom stereocenters. The standard InChI is InChI=1S/C17H25N3OS/c1-5-14-7-9-15(10-8-14)21-12-16-18-19-17(22-6-2)20(16)11-13(3)4/h7-10,13H,5-6,11-12H2,1-4H3. The smallest absolute Gasteiger partial charge is 0.191 e. The summed E-state index contributed by atoms with van der Waals surface area (Å²) in [5.74, 6) is 3.32. The highest BCUT2D eigenvalue weighted by Crippen LogP contribution is 2.20. The molecule has 1 aromatic heterocycles. The van der Waals surface area contributed by atoms with E-state index in [0.29, 0.717) is 12.5 Å². The summed E-state index contributed by atoms with van der Waals surface area (Å²) in [6, 6.07) is 8.24. The number of rotatable bonds is 8.